The Balaban J connectivity index is 0.861. The van der Waals surface area contributed by atoms with Gasteiger partial charge in [0.25, 0.3) is 5.91 Å². The number of benzene rings is 1. The molecule has 4 aliphatic rings. The first-order chi connectivity index (χ1) is 23.0. The van der Waals surface area contributed by atoms with E-state index >= 15 is 0 Å². The van der Waals surface area contributed by atoms with Gasteiger partial charge >= 0.3 is 6.09 Å². The summed E-state index contributed by atoms with van der Waals surface area (Å²) in [5, 5.41) is 5.68. The number of ether oxygens (including phenoxy) is 4. The third-order valence-corrected chi connectivity index (χ3v) is 9.83. The molecular formula is C35H53N5O8. The SMILES string of the molecule is CC(C)(C)OC(=O)N1CCC2(CCN(CCOCCOCCOCCNc3cccc4c3CN(C3CCC(=O)NC3=O)C4=O)CC2)CC1. The second-order valence-electron chi connectivity index (χ2n) is 14.3. The van der Waals surface area contributed by atoms with Crippen LogP contribution in [-0.2, 0) is 35.1 Å². The maximum Gasteiger partial charge on any atom is 0.410 e. The Morgan fingerprint density at radius 3 is 2.23 bits per heavy atom. The number of anilines is 1. The van der Waals surface area contributed by atoms with Crippen LogP contribution in [0, 0.1) is 5.41 Å². The maximum absolute atomic E-state index is 13.0. The zero-order valence-electron chi connectivity index (χ0n) is 28.9. The summed E-state index contributed by atoms with van der Waals surface area (Å²) < 4.78 is 22.7. The van der Waals surface area contributed by atoms with Crippen molar-refractivity contribution in [1.82, 2.24) is 20.0 Å². The van der Waals surface area contributed by atoms with Gasteiger partial charge in [-0.2, -0.15) is 0 Å². The minimum Gasteiger partial charge on any atom is -0.444 e. The smallest absolute Gasteiger partial charge is 0.410 e. The number of nitrogens with zero attached hydrogens (tertiary/aromatic N) is 3. The second-order valence-corrected chi connectivity index (χ2v) is 14.3. The van der Waals surface area contributed by atoms with Gasteiger partial charge in [0.2, 0.25) is 11.8 Å². The van der Waals surface area contributed by atoms with E-state index in [4.69, 9.17) is 18.9 Å². The number of imide groups is 1. The van der Waals surface area contributed by atoms with E-state index < -0.39 is 17.6 Å². The monoisotopic (exact) mass is 671 g/mol. The van der Waals surface area contributed by atoms with Crippen LogP contribution in [-0.4, -0.2) is 129 Å². The Labute approximate surface area is 283 Å². The van der Waals surface area contributed by atoms with Crippen LogP contribution in [0.5, 0.6) is 0 Å². The van der Waals surface area contributed by atoms with E-state index in [0.717, 1.165) is 56.8 Å². The summed E-state index contributed by atoms with van der Waals surface area (Å²) in [5.41, 5.74) is 2.18. The van der Waals surface area contributed by atoms with Crippen molar-refractivity contribution < 1.29 is 38.1 Å². The summed E-state index contributed by atoms with van der Waals surface area (Å²) in [7, 11) is 0. The fourth-order valence-corrected chi connectivity index (χ4v) is 6.99. The molecule has 4 aliphatic heterocycles. The summed E-state index contributed by atoms with van der Waals surface area (Å²) in [4.78, 5) is 55.1. The number of hydrogen-bond donors (Lipinski definition) is 2. The normalized spacial score (nSPS) is 21.4. The van der Waals surface area contributed by atoms with E-state index in [2.05, 4.69) is 15.5 Å². The van der Waals surface area contributed by atoms with Gasteiger partial charge in [-0.1, -0.05) is 6.07 Å². The molecule has 0 saturated carbocycles. The number of rotatable bonds is 14. The van der Waals surface area contributed by atoms with E-state index in [-0.39, 0.29) is 24.3 Å². The van der Waals surface area contributed by atoms with Gasteiger partial charge in [0.15, 0.2) is 0 Å². The topological polar surface area (TPSA) is 139 Å². The minimum absolute atomic E-state index is 0.185. The predicted molar refractivity (Wildman–Crippen MR) is 179 cm³/mol. The molecule has 266 valence electrons. The third kappa shape index (κ3) is 9.67. The Bertz CT molecular complexity index is 1280. The van der Waals surface area contributed by atoms with Crippen molar-refractivity contribution in [3.8, 4) is 0 Å². The van der Waals surface area contributed by atoms with Gasteiger partial charge in [0.05, 0.1) is 39.6 Å². The minimum atomic E-state index is -0.629. The van der Waals surface area contributed by atoms with Crippen LogP contribution in [0.3, 0.4) is 0 Å². The van der Waals surface area contributed by atoms with Crippen molar-refractivity contribution in [2.45, 2.75) is 77.5 Å². The van der Waals surface area contributed by atoms with Gasteiger partial charge in [-0.3, -0.25) is 19.7 Å². The van der Waals surface area contributed by atoms with Crippen molar-refractivity contribution in [3.63, 3.8) is 0 Å². The van der Waals surface area contributed by atoms with Crippen LogP contribution in [0.15, 0.2) is 18.2 Å². The van der Waals surface area contributed by atoms with Gasteiger partial charge < -0.3 is 39.0 Å². The fraction of sp³-hybridized carbons (Fsp3) is 0.714. The second kappa shape index (κ2) is 16.4. The number of likely N-dealkylation sites (tertiary alicyclic amines) is 2. The highest BCUT2D eigenvalue weighted by atomic mass is 16.6. The molecule has 4 heterocycles. The highest BCUT2D eigenvalue weighted by Crippen LogP contribution is 2.41. The number of amides is 4. The number of piperidine rings is 3. The predicted octanol–water partition coefficient (Wildman–Crippen LogP) is 3.02. The van der Waals surface area contributed by atoms with E-state index in [0.29, 0.717) is 70.1 Å². The van der Waals surface area contributed by atoms with E-state index in [9.17, 15) is 19.2 Å². The van der Waals surface area contributed by atoms with Crippen molar-refractivity contribution >= 4 is 29.5 Å². The number of carbonyl (C=O) groups is 4. The lowest BCUT2D eigenvalue weighted by Crippen LogP contribution is -2.52. The molecule has 5 rings (SSSR count). The lowest BCUT2D eigenvalue weighted by atomic mass is 9.71. The average molecular weight is 672 g/mol. The highest BCUT2D eigenvalue weighted by molar-refractivity contribution is 6.06. The summed E-state index contributed by atoms with van der Waals surface area (Å²) in [6.07, 6.45) is 4.84. The Morgan fingerprint density at radius 2 is 1.56 bits per heavy atom. The first kappa shape index (κ1) is 36.0. The van der Waals surface area contributed by atoms with Crippen LogP contribution in [0.4, 0.5) is 10.5 Å². The van der Waals surface area contributed by atoms with Crippen LogP contribution in [0.25, 0.3) is 0 Å². The van der Waals surface area contributed by atoms with Gasteiger partial charge in [-0.25, -0.2) is 4.79 Å². The largest absolute Gasteiger partial charge is 0.444 e. The van der Waals surface area contributed by atoms with Gasteiger partial charge in [0, 0.05) is 56.0 Å². The van der Waals surface area contributed by atoms with Crippen LogP contribution in [0.2, 0.25) is 0 Å². The summed E-state index contributed by atoms with van der Waals surface area (Å²) >= 11 is 0. The number of hydrogen-bond acceptors (Lipinski definition) is 10. The molecule has 48 heavy (non-hydrogen) atoms. The van der Waals surface area contributed by atoms with Gasteiger partial charge in [-0.15, -0.1) is 0 Å². The molecule has 1 aromatic carbocycles. The fourth-order valence-electron chi connectivity index (χ4n) is 6.99. The maximum atomic E-state index is 13.0. The number of fused-ring (bicyclic) bond motifs is 1. The Morgan fingerprint density at radius 1 is 0.917 bits per heavy atom. The molecule has 0 bridgehead atoms. The zero-order valence-corrected chi connectivity index (χ0v) is 28.9. The van der Waals surface area contributed by atoms with Crippen molar-refractivity contribution in [2.75, 3.05) is 84.2 Å². The quantitative estimate of drug-likeness (QED) is 0.224. The van der Waals surface area contributed by atoms with Gasteiger partial charge in [-0.05, 0) is 83.5 Å². The summed E-state index contributed by atoms with van der Waals surface area (Å²) in [5.74, 6) is -0.891. The van der Waals surface area contributed by atoms with Crippen molar-refractivity contribution in [2.24, 2.45) is 5.41 Å². The molecule has 4 amide bonds. The molecule has 3 fully saturated rings. The molecule has 0 aromatic heterocycles. The van der Waals surface area contributed by atoms with Crippen molar-refractivity contribution in [1.29, 1.82) is 0 Å². The standard InChI is InChI=1S/C35H53N5O8/c1-34(2,3)48-33(44)39-16-11-35(12-17-39)9-14-38(15-10-35)18-20-46-22-24-47-23-21-45-19-13-36-28-6-4-5-26-27(28)25-40(32(26)43)29-7-8-30(41)37-31(29)42/h4-6,29,36H,7-25H2,1-3H3,(H,37,41,42). The third-order valence-electron chi connectivity index (χ3n) is 9.83. The van der Waals surface area contributed by atoms with E-state index in [1.165, 1.54) is 12.8 Å². The molecule has 1 aromatic rings. The van der Waals surface area contributed by atoms with Crippen LogP contribution in [0.1, 0.15) is 75.2 Å². The molecular weight excluding hydrogens is 618 g/mol. The Hall–Kier alpha value is -3.26. The lowest BCUT2D eigenvalue weighted by Gasteiger charge is -2.46. The first-order valence-electron chi connectivity index (χ1n) is 17.5. The van der Waals surface area contributed by atoms with Crippen molar-refractivity contribution in [3.05, 3.63) is 29.3 Å². The molecule has 1 atom stereocenters. The molecule has 0 aliphatic carbocycles. The van der Waals surface area contributed by atoms with E-state index in [1.54, 1.807) is 11.0 Å². The average Bonchev–Trinajstić information content (AvgIpc) is 3.38. The van der Waals surface area contributed by atoms with E-state index in [1.807, 2.05) is 37.8 Å². The first-order valence-corrected chi connectivity index (χ1v) is 17.5. The Kier molecular flexibility index (Phi) is 12.3. The molecule has 13 heteroatoms. The molecule has 1 unspecified atom stereocenters. The lowest BCUT2D eigenvalue weighted by molar-refractivity contribution is -0.136. The summed E-state index contributed by atoms with van der Waals surface area (Å²) in [6.45, 7) is 14.5. The molecule has 0 radical (unpaired) electrons. The number of nitrogens with one attached hydrogen (secondary N) is 2. The van der Waals surface area contributed by atoms with Gasteiger partial charge in [0.1, 0.15) is 11.6 Å². The number of carbonyl (C=O) groups excluding carboxylic acids is 4. The molecule has 1 spiro atoms. The zero-order chi connectivity index (χ0) is 34.1. The van der Waals surface area contributed by atoms with Crippen LogP contribution >= 0.6 is 0 Å². The molecule has 2 N–H and O–H groups in total. The van der Waals surface area contributed by atoms with Crippen LogP contribution < -0.4 is 10.6 Å². The highest BCUT2D eigenvalue weighted by Gasteiger charge is 2.41. The molecule has 13 nitrogen and oxygen atoms in total. The summed E-state index contributed by atoms with van der Waals surface area (Å²) in [6, 6.07) is 4.89. The molecule has 3 saturated heterocycles.